The Hall–Kier alpha value is -1.24. The normalized spacial score (nSPS) is 14.0. The van der Waals surface area contributed by atoms with E-state index in [1.54, 1.807) is 20.2 Å². The van der Waals surface area contributed by atoms with Gasteiger partial charge in [-0.25, -0.2) is 0 Å². The molecule has 2 N–H and O–H groups in total. The van der Waals surface area contributed by atoms with Gasteiger partial charge in [0.15, 0.2) is 6.10 Å². The molecule has 0 spiro atoms. The number of alkyl halides is 3. The van der Waals surface area contributed by atoms with Gasteiger partial charge in [0, 0.05) is 19.8 Å². The lowest BCUT2D eigenvalue weighted by Crippen LogP contribution is -2.35. The van der Waals surface area contributed by atoms with Gasteiger partial charge in [0.25, 0.3) is 0 Å². The zero-order chi connectivity index (χ0) is 11.6. The summed E-state index contributed by atoms with van der Waals surface area (Å²) >= 11 is 0. The van der Waals surface area contributed by atoms with Crippen LogP contribution in [0.25, 0.3) is 0 Å². The Labute approximate surface area is 84.7 Å². The van der Waals surface area contributed by atoms with E-state index in [1.165, 1.54) is 4.68 Å². The van der Waals surface area contributed by atoms with Crippen molar-refractivity contribution in [3.05, 3.63) is 11.9 Å². The van der Waals surface area contributed by atoms with Crippen molar-refractivity contribution < 1.29 is 18.3 Å². The number of hydrogen-bond acceptors (Lipinski definition) is 3. The van der Waals surface area contributed by atoms with Gasteiger partial charge in [-0.3, -0.25) is 4.68 Å². The molecular weight excluding hydrogens is 211 g/mol. The number of aliphatic hydroxyl groups excluding tert-OH is 1. The van der Waals surface area contributed by atoms with Gasteiger partial charge >= 0.3 is 6.18 Å². The molecule has 1 rings (SSSR count). The van der Waals surface area contributed by atoms with Crippen LogP contribution < -0.4 is 5.32 Å². The summed E-state index contributed by atoms with van der Waals surface area (Å²) in [4.78, 5) is 0. The van der Waals surface area contributed by atoms with Crippen LogP contribution in [0.1, 0.15) is 5.69 Å². The second kappa shape index (κ2) is 4.09. The molecule has 86 valence electrons. The SMILES string of the molecule is Cc1nn(C)cc1NCC(O)C(F)(F)F. The molecule has 1 heterocycles. The van der Waals surface area contributed by atoms with Gasteiger partial charge in [-0.15, -0.1) is 0 Å². The summed E-state index contributed by atoms with van der Waals surface area (Å²) in [6.07, 6.45) is -5.40. The number of rotatable bonds is 3. The number of aromatic nitrogens is 2. The smallest absolute Gasteiger partial charge is 0.382 e. The van der Waals surface area contributed by atoms with Crippen molar-refractivity contribution in [1.29, 1.82) is 0 Å². The molecule has 1 atom stereocenters. The van der Waals surface area contributed by atoms with Crippen LogP contribution in [-0.4, -0.2) is 33.7 Å². The summed E-state index contributed by atoms with van der Waals surface area (Å²) in [6, 6.07) is 0. The number of aryl methyl sites for hydroxylation is 2. The maximum absolute atomic E-state index is 11.9. The molecule has 0 aliphatic rings. The minimum Gasteiger partial charge on any atom is -0.382 e. The highest BCUT2D eigenvalue weighted by Crippen LogP contribution is 2.20. The molecular formula is C8H12F3N3O. The first-order valence-corrected chi connectivity index (χ1v) is 4.29. The van der Waals surface area contributed by atoms with Crippen molar-refractivity contribution in [2.75, 3.05) is 11.9 Å². The van der Waals surface area contributed by atoms with Crippen LogP contribution in [-0.2, 0) is 7.05 Å². The molecule has 0 fully saturated rings. The van der Waals surface area contributed by atoms with E-state index in [-0.39, 0.29) is 0 Å². The zero-order valence-corrected chi connectivity index (χ0v) is 8.34. The molecule has 0 aromatic carbocycles. The van der Waals surface area contributed by atoms with Crippen molar-refractivity contribution >= 4 is 5.69 Å². The van der Waals surface area contributed by atoms with Crippen LogP contribution in [0.15, 0.2) is 6.20 Å². The van der Waals surface area contributed by atoms with E-state index in [0.717, 1.165) is 0 Å². The van der Waals surface area contributed by atoms with Crippen LogP contribution in [0.4, 0.5) is 18.9 Å². The van der Waals surface area contributed by atoms with Crippen molar-refractivity contribution in [2.45, 2.75) is 19.2 Å². The molecule has 1 aromatic heterocycles. The highest BCUT2D eigenvalue weighted by atomic mass is 19.4. The maximum atomic E-state index is 11.9. The van der Waals surface area contributed by atoms with Gasteiger partial charge < -0.3 is 10.4 Å². The van der Waals surface area contributed by atoms with Crippen LogP contribution >= 0.6 is 0 Å². The Morgan fingerprint density at radius 3 is 2.60 bits per heavy atom. The average Bonchev–Trinajstić information content (AvgIpc) is 2.39. The average molecular weight is 223 g/mol. The molecule has 4 nitrogen and oxygen atoms in total. The molecule has 7 heteroatoms. The van der Waals surface area contributed by atoms with Crippen molar-refractivity contribution in [1.82, 2.24) is 9.78 Å². The van der Waals surface area contributed by atoms with E-state index in [9.17, 15) is 13.2 Å². The summed E-state index contributed by atoms with van der Waals surface area (Å²) < 4.78 is 37.3. The zero-order valence-electron chi connectivity index (χ0n) is 8.34. The van der Waals surface area contributed by atoms with Crippen molar-refractivity contribution in [3.8, 4) is 0 Å². The molecule has 1 unspecified atom stereocenters. The monoisotopic (exact) mass is 223 g/mol. The maximum Gasteiger partial charge on any atom is 0.416 e. The van der Waals surface area contributed by atoms with E-state index in [1.807, 2.05) is 0 Å². The summed E-state index contributed by atoms with van der Waals surface area (Å²) in [7, 11) is 1.67. The van der Waals surface area contributed by atoms with E-state index < -0.39 is 18.8 Å². The number of hydrogen-bond donors (Lipinski definition) is 2. The second-order valence-electron chi connectivity index (χ2n) is 3.24. The van der Waals surface area contributed by atoms with Crippen molar-refractivity contribution in [3.63, 3.8) is 0 Å². The molecule has 1 aromatic rings. The van der Waals surface area contributed by atoms with E-state index >= 15 is 0 Å². The predicted molar refractivity (Wildman–Crippen MR) is 48.5 cm³/mol. The van der Waals surface area contributed by atoms with E-state index in [2.05, 4.69) is 10.4 Å². The fourth-order valence-corrected chi connectivity index (χ4v) is 1.10. The third kappa shape index (κ3) is 3.12. The number of halogens is 3. The molecule has 0 saturated heterocycles. The first-order valence-electron chi connectivity index (χ1n) is 4.29. The Morgan fingerprint density at radius 2 is 2.20 bits per heavy atom. The van der Waals surface area contributed by atoms with Gasteiger partial charge in [0.2, 0.25) is 0 Å². The second-order valence-corrected chi connectivity index (χ2v) is 3.24. The lowest BCUT2D eigenvalue weighted by molar-refractivity contribution is -0.198. The number of nitrogens with one attached hydrogen (secondary N) is 1. The first kappa shape index (κ1) is 11.8. The van der Waals surface area contributed by atoms with Gasteiger partial charge in [0.1, 0.15) is 0 Å². The molecule has 0 aliphatic carbocycles. The standard InChI is InChI=1S/C8H12F3N3O/c1-5-6(4-14(2)13-5)12-3-7(15)8(9,10)11/h4,7,12,15H,3H2,1-2H3. The van der Waals surface area contributed by atoms with Crippen LogP contribution in [0.2, 0.25) is 0 Å². The predicted octanol–water partition coefficient (Wildman–Crippen LogP) is 1.06. The van der Waals surface area contributed by atoms with Gasteiger partial charge in [-0.05, 0) is 6.92 Å². The third-order valence-electron chi connectivity index (χ3n) is 1.88. The Morgan fingerprint density at radius 1 is 1.60 bits per heavy atom. The minimum atomic E-state index is -4.59. The van der Waals surface area contributed by atoms with Gasteiger partial charge in [-0.1, -0.05) is 0 Å². The number of aliphatic hydroxyl groups is 1. The molecule has 0 aliphatic heterocycles. The fourth-order valence-electron chi connectivity index (χ4n) is 1.10. The van der Waals surface area contributed by atoms with Crippen LogP contribution in [0.5, 0.6) is 0 Å². The highest BCUT2D eigenvalue weighted by Gasteiger charge is 2.37. The largest absolute Gasteiger partial charge is 0.416 e. The van der Waals surface area contributed by atoms with Gasteiger partial charge in [-0.2, -0.15) is 18.3 Å². The Balaban J connectivity index is 2.54. The lowest BCUT2D eigenvalue weighted by atomic mass is 10.3. The van der Waals surface area contributed by atoms with Crippen LogP contribution in [0.3, 0.4) is 0 Å². The van der Waals surface area contributed by atoms with E-state index in [4.69, 9.17) is 5.11 Å². The third-order valence-corrected chi connectivity index (χ3v) is 1.88. The molecule has 0 saturated carbocycles. The van der Waals surface area contributed by atoms with Crippen molar-refractivity contribution in [2.24, 2.45) is 7.05 Å². The van der Waals surface area contributed by atoms with Gasteiger partial charge in [0.05, 0.1) is 11.4 Å². The summed E-state index contributed by atoms with van der Waals surface area (Å²) in [5, 5.41) is 15.2. The van der Waals surface area contributed by atoms with Crippen LogP contribution in [0, 0.1) is 6.92 Å². The number of anilines is 1. The fraction of sp³-hybridized carbons (Fsp3) is 0.625. The molecule has 0 bridgehead atoms. The molecule has 15 heavy (non-hydrogen) atoms. The molecule has 0 radical (unpaired) electrons. The topological polar surface area (TPSA) is 50.1 Å². The summed E-state index contributed by atoms with van der Waals surface area (Å²) in [5.74, 6) is 0. The van der Waals surface area contributed by atoms with E-state index in [0.29, 0.717) is 11.4 Å². The lowest BCUT2D eigenvalue weighted by Gasteiger charge is -2.15. The number of nitrogens with zero attached hydrogens (tertiary/aromatic N) is 2. The quantitative estimate of drug-likeness (QED) is 0.805. The highest BCUT2D eigenvalue weighted by molar-refractivity contribution is 5.45. The first-order chi connectivity index (χ1) is 6.80. The Kier molecular flexibility index (Phi) is 3.23. The minimum absolute atomic E-state index is 0.487. The Bertz CT molecular complexity index is 334. The summed E-state index contributed by atoms with van der Waals surface area (Å²) in [6.45, 7) is 1.10. The molecule has 0 amide bonds. The summed E-state index contributed by atoms with van der Waals surface area (Å²) in [5.41, 5.74) is 1.08.